The molecule has 0 aliphatic carbocycles. The van der Waals surface area contributed by atoms with Crippen molar-refractivity contribution in [2.75, 3.05) is 4.90 Å². The molecule has 27 heavy (non-hydrogen) atoms. The van der Waals surface area contributed by atoms with Gasteiger partial charge in [-0.05, 0) is 47.6 Å². The number of non-ortho nitro benzene ring substituents is 1. The van der Waals surface area contributed by atoms with Crippen LogP contribution in [0.2, 0.25) is 0 Å². The zero-order chi connectivity index (χ0) is 20.6. The molecule has 0 unspecified atom stereocenters. The fraction of sp³-hybridized carbons (Fsp3) is 0.471. The van der Waals surface area contributed by atoms with Crippen LogP contribution in [-0.4, -0.2) is 33.5 Å². The zero-order valence-corrected chi connectivity index (χ0v) is 15.9. The van der Waals surface area contributed by atoms with Crippen LogP contribution in [0, 0.1) is 10.1 Å². The smallest absolute Gasteiger partial charge is 0.427 e. The molecule has 1 aromatic carbocycles. The van der Waals surface area contributed by atoms with Crippen LogP contribution in [0.3, 0.4) is 0 Å². The third-order valence-corrected chi connectivity index (χ3v) is 3.01. The average Bonchev–Trinajstić information content (AvgIpc) is 2.86. The van der Waals surface area contributed by atoms with Gasteiger partial charge in [-0.3, -0.25) is 10.1 Å². The fourth-order valence-corrected chi connectivity index (χ4v) is 2.05. The molecule has 0 saturated carbocycles. The number of hydrogen-bond donors (Lipinski definition) is 0. The zero-order valence-electron chi connectivity index (χ0n) is 15.9. The van der Waals surface area contributed by atoms with Gasteiger partial charge in [-0.25, -0.2) is 9.59 Å². The van der Waals surface area contributed by atoms with Gasteiger partial charge in [-0.1, -0.05) is 5.16 Å². The van der Waals surface area contributed by atoms with E-state index in [2.05, 4.69) is 5.16 Å². The van der Waals surface area contributed by atoms with Crippen molar-refractivity contribution in [3.05, 3.63) is 28.3 Å². The van der Waals surface area contributed by atoms with Crippen LogP contribution < -0.4 is 4.90 Å². The van der Waals surface area contributed by atoms with Crippen LogP contribution in [0.15, 0.2) is 22.7 Å². The first-order chi connectivity index (χ1) is 12.3. The first-order valence-electron chi connectivity index (χ1n) is 8.08. The lowest BCUT2D eigenvalue weighted by molar-refractivity contribution is -0.384. The Morgan fingerprint density at radius 1 is 1.07 bits per heavy atom. The van der Waals surface area contributed by atoms with E-state index < -0.39 is 28.3 Å². The highest BCUT2D eigenvalue weighted by molar-refractivity contribution is 6.13. The van der Waals surface area contributed by atoms with Gasteiger partial charge in [-0.15, -0.1) is 4.90 Å². The molecule has 1 heterocycles. The third-order valence-electron chi connectivity index (χ3n) is 3.01. The first-order valence-corrected chi connectivity index (χ1v) is 8.08. The number of benzene rings is 1. The lowest BCUT2D eigenvalue weighted by atomic mass is 10.2. The summed E-state index contributed by atoms with van der Waals surface area (Å²) in [5, 5.41) is 14.9. The second-order valence-electron chi connectivity index (χ2n) is 7.74. The predicted molar refractivity (Wildman–Crippen MR) is 95.6 cm³/mol. The monoisotopic (exact) mass is 379 g/mol. The molecular weight excluding hydrogens is 358 g/mol. The van der Waals surface area contributed by atoms with Gasteiger partial charge in [0.05, 0.1) is 10.3 Å². The van der Waals surface area contributed by atoms with Crippen LogP contribution >= 0.6 is 0 Å². The van der Waals surface area contributed by atoms with Gasteiger partial charge in [0.2, 0.25) is 0 Å². The summed E-state index contributed by atoms with van der Waals surface area (Å²) < 4.78 is 15.6. The Balaban J connectivity index is 2.57. The molecule has 2 rings (SSSR count). The summed E-state index contributed by atoms with van der Waals surface area (Å²) in [6, 6.07) is 3.74. The summed E-state index contributed by atoms with van der Waals surface area (Å²) in [7, 11) is 0. The number of imide groups is 1. The highest BCUT2D eigenvalue weighted by Gasteiger charge is 2.36. The molecule has 0 radical (unpaired) electrons. The summed E-state index contributed by atoms with van der Waals surface area (Å²) in [5.41, 5.74) is -1.83. The second-order valence-corrected chi connectivity index (χ2v) is 7.74. The summed E-state index contributed by atoms with van der Waals surface area (Å²) in [6.07, 6.45) is -2.11. The number of amides is 2. The van der Waals surface area contributed by atoms with Crippen molar-refractivity contribution in [1.82, 2.24) is 5.16 Å². The summed E-state index contributed by atoms with van der Waals surface area (Å²) in [6.45, 7) is 9.76. The molecule has 10 nitrogen and oxygen atoms in total. The highest BCUT2D eigenvalue weighted by Crippen LogP contribution is 2.32. The van der Waals surface area contributed by atoms with Crippen LogP contribution in [0.5, 0.6) is 0 Å². The lowest BCUT2D eigenvalue weighted by Gasteiger charge is -2.27. The normalized spacial score (nSPS) is 11.9. The van der Waals surface area contributed by atoms with E-state index >= 15 is 0 Å². The molecular formula is C17H21N3O7. The van der Waals surface area contributed by atoms with Crippen LogP contribution in [-0.2, 0) is 9.47 Å². The van der Waals surface area contributed by atoms with E-state index in [1.807, 2.05) is 0 Å². The number of carbonyl (C=O) groups excluding carboxylic acids is 2. The number of nitrogens with zero attached hydrogens (tertiary/aromatic N) is 3. The molecule has 1 aromatic heterocycles. The van der Waals surface area contributed by atoms with E-state index in [9.17, 15) is 19.7 Å². The number of nitro benzene ring substituents is 1. The molecule has 2 amide bonds. The van der Waals surface area contributed by atoms with Gasteiger partial charge >= 0.3 is 12.2 Å². The largest absolute Gasteiger partial charge is 0.443 e. The Labute approximate surface area is 155 Å². The number of fused-ring (bicyclic) bond motifs is 1. The molecule has 0 atom stereocenters. The Morgan fingerprint density at radius 2 is 1.59 bits per heavy atom. The highest BCUT2D eigenvalue weighted by atomic mass is 16.6. The van der Waals surface area contributed by atoms with Crippen LogP contribution in [0.4, 0.5) is 21.2 Å². The number of rotatable bonds is 2. The molecule has 0 spiro atoms. The summed E-state index contributed by atoms with van der Waals surface area (Å²) >= 11 is 0. The number of nitro groups is 1. The average molecular weight is 379 g/mol. The minimum absolute atomic E-state index is 0.0981. The Bertz CT molecular complexity index is 862. The topological polar surface area (TPSA) is 125 Å². The number of aromatic nitrogens is 1. The number of hydrogen-bond acceptors (Lipinski definition) is 8. The van der Waals surface area contributed by atoms with Gasteiger partial charge in [0, 0.05) is 12.1 Å². The van der Waals surface area contributed by atoms with E-state index in [-0.39, 0.29) is 22.5 Å². The summed E-state index contributed by atoms with van der Waals surface area (Å²) in [4.78, 5) is 36.2. The molecule has 0 N–H and O–H groups in total. The minimum atomic E-state index is -1.05. The van der Waals surface area contributed by atoms with E-state index in [0.717, 1.165) is 6.07 Å². The predicted octanol–water partition coefficient (Wildman–Crippen LogP) is 4.41. The van der Waals surface area contributed by atoms with Crippen molar-refractivity contribution >= 4 is 34.7 Å². The van der Waals surface area contributed by atoms with Gasteiger partial charge in [0.1, 0.15) is 16.7 Å². The van der Waals surface area contributed by atoms with Crippen LogP contribution in [0.25, 0.3) is 10.9 Å². The molecule has 10 heteroatoms. The maximum atomic E-state index is 12.6. The lowest BCUT2D eigenvalue weighted by Crippen LogP contribution is -2.43. The second kappa shape index (κ2) is 6.86. The maximum absolute atomic E-state index is 12.6. The number of carbonyl (C=O) groups is 2. The van der Waals surface area contributed by atoms with E-state index in [1.165, 1.54) is 12.1 Å². The number of anilines is 1. The minimum Gasteiger partial charge on any atom is -0.443 e. The van der Waals surface area contributed by atoms with Gasteiger partial charge in [0.15, 0.2) is 0 Å². The fourth-order valence-electron chi connectivity index (χ4n) is 2.05. The third kappa shape index (κ3) is 4.93. The van der Waals surface area contributed by atoms with Crippen molar-refractivity contribution < 1.29 is 28.5 Å². The van der Waals surface area contributed by atoms with Crippen molar-refractivity contribution in [3.8, 4) is 0 Å². The molecule has 0 saturated heterocycles. The molecule has 2 aromatic rings. The molecule has 0 bridgehead atoms. The Kier molecular flexibility index (Phi) is 5.12. The quantitative estimate of drug-likeness (QED) is 0.555. The SMILES string of the molecule is CC(C)(C)OC(=O)N(C(=O)OC(C)(C)C)c1onc2ccc([N+](=O)[O-])cc12. The van der Waals surface area contributed by atoms with Crippen molar-refractivity contribution in [3.63, 3.8) is 0 Å². The van der Waals surface area contributed by atoms with Gasteiger partial charge in [0.25, 0.3) is 11.6 Å². The molecule has 0 aliphatic heterocycles. The van der Waals surface area contributed by atoms with Crippen molar-refractivity contribution in [1.29, 1.82) is 0 Å². The number of ether oxygens (including phenoxy) is 2. The van der Waals surface area contributed by atoms with Gasteiger partial charge < -0.3 is 14.0 Å². The molecule has 0 aliphatic rings. The van der Waals surface area contributed by atoms with E-state index in [4.69, 9.17) is 14.0 Å². The van der Waals surface area contributed by atoms with Gasteiger partial charge in [-0.2, -0.15) is 0 Å². The first kappa shape index (κ1) is 20.1. The van der Waals surface area contributed by atoms with Crippen molar-refractivity contribution in [2.24, 2.45) is 0 Å². The van der Waals surface area contributed by atoms with E-state index in [0.29, 0.717) is 4.90 Å². The maximum Gasteiger partial charge on any atom is 0.427 e. The molecule has 146 valence electrons. The Hall–Kier alpha value is -3.17. The van der Waals surface area contributed by atoms with Crippen molar-refractivity contribution in [2.45, 2.75) is 52.7 Å². The van der Waals surface area contributed by atoms with Crippen LogP contribution in [0.1, 0.15) is 41.5 Å². The molecule has 0 fully saturated rings. The Morgan fingerprint density at radius 3 is 2.04 bits per heavy atom. The summed E-state index contributed by atoms with van der Waals surface area (Å²) in [5.74, 6) is -0.322. The standard InChI is InChI=1S/C17H21N3O7/c1-16(2,3)25-14(21)19(15(22)26-17(4,5)6)13-11-9-10(20(23)24)7-8-12(11)18-27-13/h7-9H,1-6H3. The van der Waals surface area contributed by atoms with E-state index in [1.54, 1.807) is 41.5 Å².